The van der Waals surface area contributed by atoms with Crippen LogP contribution in [-0.2, 0) is 0 Å². The molecule has 2 aliphatic heterocycles. The molecule has 0 radical (unpaired) electrons. The number of carbonyl (C=O) groups is 1. The first kappa shape index (κ1) is 26.8. The normalized spacial score (nSPS) is 27.9. The van der Waals surface area contributed by atoms with Gasteiger partial charge in [0.15, 0.2) is 5.69 Å². The zero-order valence-corrected chi connectivity index (χ0v) is 24.1. The Balaban J connectivity index is 1.17. The van der Waals surface area contributed by atoms with E-state index in [1.54, 1.807) is 0 Å². The van der Waals surface area contributed by atoms with Crippen molar-refractivity contribution in [3.05, 3.63) is 60.2 Å². The largest absolute Gasteiger partial charge is 0.388 e. The number of rotatable bonds is 8. The molecule has 3 atom stereocenters. The second-order valence-corrected chi connectivity index (χ2v) is 12.8. The van der Waals surface area contributed by atoms with Crippen LogP contribution >= 0.6 is 0 Å². The molecule has 3 heterocycles. The monoisotopic (exact) mass is 556 g/mol. The summed E-state index contributed by atoms with van der Waals surface area (Å²) in [4.78, 5) is 23.7. The number of aliphatic hydroxyl groups is 1. The lowest BCUT2D eigenvalue weighted by atomic mass is 9.76. The lowest BCUT2D eigenvalue weighted by Crippen LogP contribution is -2.54. The molecular weight excluding hydrogens is 512 g/mol. The number of hydrogen-bond donors (Lipinski definition) is 3. The number of amides is 1. The van der Waals surface area contributed by atoms with Crippen molar-refractivity contribution in [2.75, 3.05) is 43.1 Å². The van der Waals surface area contributed by atoms with E-state index in [2.05, 4.69) is 67.5 Å². The van der Waals surface area contributed by atoms with E-state index >= 15 is 0 Å². The molecule has 0 spiro atoms. The average Bonchev–Trinajstić information content (AvgIpc) is 3.55. The van der Waals surface area contributed by atoms with Gasteiger partial charge in [-0.1, -0.05) is 56.0 Å². The molecule has 0 bridgehead atoms. The van der Waals surface area contributed by atoms with E-state index in [0.29, 0.717) is 18.2 Å². The SMILES string of the molecule is O=C(c1ncn([C@@H]2CCCC[C@@]2(O)CC2CC2)c1C1=CC=CCC1)N1CCNC[C@H]1CCN1CNc2ccccc21. The van der Waals surface area contributed by atoms with Crippen LogP contribution in [0.4, 0.5) is 11.4 Å². The minimum atomic E-state index is -0.724. The van der Waals surface area contributed by atoms with Crippen LogP contribution in [0.2, 0.25) is 0 Å². The number of allylic oxidation sites excluding steroid dienone is 4. The summed E-state index contributed by atoms with van der Waals surface area (Å²) in [6.45, 7) is 3.95. The Hall–Kier alpha value is -3.10. The smallest absolute Gasteiger partial charge is 0.275 e. The maximum Gasteiger partial charge on any atom is 0.275 e. The Morgan fingerprint density at radius 1 is 1.17 bits per heavy atom. The van der Waals surface area contributed by atoms with E-state index in [0.717, 1.165) is 83.4 Å². The van der Waals surface area contributed by atoms with Gasteiger partial charge in [0, 0.05) is 32.2 Å². The fraction of sp³-hybridized carbons (Fsp3) is 0.576. The standard InChI is InChI=1S/C33H44N6O2/c40-32(38-19-17-34-21-26(38)15-18-37-22-35-27-10-4-5-11-28(27)37)30-31(25-8-2-1-3-9-25)39(23-36-30)29-12-6-7-16-33(29,41)20-24-13-14-24/h1-2,4-5,8,10-11,23-24,26,29,34-35,41H,3,6-7,9,12-22H2/t26-,29-,33-/m1/s1. The molecule has 1 saturated heterocycles. The zero-order valence-electron chi connectivity index (χ0n) is 24.1. The Morgan fingerprint density at radius 2 is 2.07 bits per heavy atom. The molecule has 1 aromatic heterocycles. The van der Waals surface area contributed by atoms with E-state index in [1.165, 1.54) is 29.8 Å². The second-order valence-electron chi connectivity index (χ2n) is 12.8. The third kappa shape index (κ3) is 5.32. The molecule has 8 nitrogen and oxygen atoms in total. The van der Waals surface area contributed by atoms with Crippen LogP contribution in [0.1, 0.15) is 86.4 Å². The third-order valence-electron chi connectivity index (χ3n) is 10.00. The molecule has 7 rings (SSSR count). The van der Waals surface area contributed by atoms with Crippen LogP contribution < -0.4 is 15.5 Å². The summed E-state index contributed by atoms with van der Waals surface area (Å²) in [6.07, 6.45) is 18.3. The molecule has 3 fully saturated rings. The van der Waals surface area contributed by atoms with Crippen LogP contribution in [0, 0.1) is 5.92 Å². The number of benzene rings is 1. The fourth-order valence-corrected chi connectivity index (χ4v) is 7.63. The quantitative estimate of drug-likeness (QED) is 0.426. The van der Waals surface area contributed by atoms with Gasteiger partial charge in [-0.15, -0.1) is 0 Å². The van der Waals surface area contributed by atoms with E-state index in [4.69, 9.17) is 4.98 Å². The van der Waals surface area contributed by atoms with Gasteiger partial charge in [-0.25, -0.2) is 4.98 Å². The number of piperazine rings is 1. The zero-order chi connectivity index (χ0) is 27.8. The number of carbonyl (C=O) groups excluding carboxylic acids is 1. The topological polar surface area (TPSA) is 85.7 Å². The molecule has 0 unspecified atom stereocenters. The fourth-order valence-electron chi connectivity index (χ4n) is 7.63. The van der Waals surface area contributed by atoms with Crippen molar-refractivity contribution in [2.24, 2.45) is 5.92 Å². The van der Waals surface area contributed by atoms with Crippen LogP contribution in [0.3, 0.4) is 0 Å². The molecule has 5 aliphatic rings. The first-order valence-corrected chi connectivity index (χ1v) is 15.9. The third-order valence-corrected chi connectivity index (χ3v) is 10.00. The van der Waals surface area contributed by atoms with Crippen molar-refractivity contribution >= 4 is 22.9 Å². The first-order chi connectivity index (χ1) is 20.1. The Bertz CT molecular complexity index is 1330. The van der Waals surface area contributed by atoms with E-state index in [9.17, 15) is 9.90 Å². The number of nitrogens with one attached hydrogen (secondary N) is 2. The molecule has 2 aromatic rings. The number of imidazole rings is 1. The summed E-state index contributed by atoms with van der Waals surface area (Å²) in [6, 6.07) is 8.51. The number of hydrogen-bond acceptors (Lipinski definition) is 6. The van der Waals surface area contributed by atoms with Crippen molar-refractivity contribution in [3.63, 3.8) is 0 Å². The van der Waals surface area contributed by atoms with Gasteiger partial charge in [0.25, 0.3) is 5.91 Å². The van der Waals surface area contributed by atoms with Crippen molar-refractivity contribution in [3.8, 4) is 0 Å². The van der Waals surface area contributed by atoms with Crippen LogP contribution in [0.15, 0.2) is 48.8 Å². The molecular formula is C33H44N6O2. The van der Waals surface area contributed by atoms with E-state index < -0.39 is 5.60 Å². The highest BCUT2D eigenvalue weighted by Gasteiger charge is 2.45. The Morgan fingerprint density at radius 3 is 2.93 bits per heavy atom. The highest BCUT2D eigenvalue weighted by atomic mass is 16.3. The van der Waals surface area contributed by atoms with Crippen molar-refractivity contribution in [1.82, 2.24) is 19.8 Å². The predicted molar refractivity (Wildman–Crippen MR) is 163 cm³/mol. The summed E-state index contributed by atoms with van der Waals surface area (Å²) >= 11 is 0. The van der Waals surface area contributed by atoms with Crippen molar-refractivity contribution in [1.29, 1.82) is 0 Å². The molecule has 1 aromatic carbocycles. The number of para-hydroxylation sites is 2. The van der Waals surface area contributed by atoms with Crippen LogP contribution in [0.25, 0.3) is 5.57 Å². The van der Waals surface area contributed by atoms with Gasteiger partial charge in [-0.05, 0) is 62.1 Å². The van der Waals surface area contributed by atoms with Gasteiger partial charge < -0.3 is 30.1 Å². The molecule has 8 heteroatoms. The van der Waals surface area contributed by atoms with E-state index in [1.807, 2.05) is 6.33 Å². The van der Waals surface area contributed by atoms with Crippen molar-refractivity contribution in [2.45, 2.75) is 81.9 Å². The molecule has 3 aliphatic carbocycles. The minimum absolute atomic E-state index is 0.0298. The first-order valence-electron chi connectivity index (χ1n) is 15.9. The van der Waals surface area contributed by atoms with Gasteiger partial charge in [0.2, 0.25) is 0 Å². The molecule has 3 N–H and O–H groups in total. The van der Waals surface area contributed by atoms with Gasteiger partial charge >= 0.3 is 0 Å². The van der Waals surface area contributed by atoms with Gasteiger partial charge in [-0.2, -0.15) is 0 Å². The van der Waals surface area contributed by atoms with Gasteiger partial charge in [0.1, 0.15) is 0 Å². The average molecular weight is 557 g/mol. The number of fused-ring (bicyclic) bond motifs is 1. The minimum Gasteiger partial charge on any atom is -0.388 e. The van der Waals surface area contributed by atoms with Gasteiger partial charge in [0.05, 0.1) is 41.7 Å². The maximum absolute atomic E-state index is 14.4. The molecule has 2 saturated carbocycles. The highest BCUT2D eigenvalue weighted by molar-refractivity contribution is 5.97. The van der Waals surface area contributed by atoms with Crippen molar-refractivity contribution < 1.29 is 9.90 Å². The highest BCUT2D eigenvalue weighted by Crippen LogP contribution is 2.48. The molecule has 1 amide bonds. The Labute approximate surface area is 243 Å². The van der Waals surface area contributed by atoms with Crippen LogP contribution in [0.5, 0.6) is 0 Å². The van der Waals surface area contributed by atoms with E-state index in [-0.39, 0.29) is 18.0 Å². The molecule has 218 valence electrons. The number of aromatic nitrogens is 2. The molecule has 41 heavy (non-hydrogen) atoms. The summed E-state index contributed by atoms with van der Waals surface area (Å²) < 4.78 is 2.21. The number of nitrogens with zero attached hydrogens (tertiary/aromatic N) is 4. The summed E-state index contributed by atoms with van der Waals surface area (Å²) in [5.74, 6) is 0.673. The predicted octanol–water partition coefficient (Wildman–Crippen LogP) is 4.96. The second kappa shape index (κ2) is 11.3. The summed E-state index contributed by atoms with van der Waals surface area (Å²) in [5, 5.41) is 19.0. The number of anilines is 2. The van der Waals surface area contributed by atoms with Gasteiger partial charge in [-0.3, -0.25) is 4.79 Å². The lowest BCUT2D eigenvalue weighted by molar-refractivity contribution is -0.0526. The lowest BCUT2D eigenvalue weighted by Gasteiger charge is -2.42. The van der Waals surface area contributed by atoms with Crippen LogP contribution in [-0.4, -0.2) is 70.0 Å². The Kier molecular flexibility index (Phi) is 7.37. The maximum atomic E-state index is 14.4. The summed E-state index contributed by atoms with van der Waals surface area (Å²) in [5.41, 5.74) is 4.36. The summed E-state index contributed by atoms with van der Waals surface area (Å²) in [7, 11) is 0.